The zero-order valence-electron chi connectivity index (χ0n) is 7.94. The second kappa shape index (κ2) is 13.7. The van der Waals surface area contributed by atoms with Gasteiger partial charge in [-0.05, 0) is 0 Å². The highest BCUT2D eigenvalue weighted by atomic mass is 35.5. The van der Waals surface area contributed by atoms with Crippen LogP contribution >= 0.6 is 24.8 Å². The number of nitrogens with one attached hydrogen (secondary N) is 1. The van der Waals surface area contributed by atoms with Gasteiger partial charge in [-0.1, -0.05) is 0 Å². The van der Waals surface area contributed by atoms with Crippen LogP contribution in [0.2, 0.25) is 0 Å². The monoisotopic (exact) mass is 232 g/mol. The van der Waals surface area contributed by atoms with Gasteiger partial charge in [0.1, 0.15) is 0 Å². The Labute approximate surface area is 90.9 Å². The molecule has 0 atom stereocenters. The minimum absolute atomic E-state index is 0. The molecule has 0 saturated carbocycles. The van der Waals surface area contributed by atoms with Crippen LogP contribution in [0.15, 0.2) is 4.99 Å². The second-order valence-corrected chi connectivity index (χ2v) is 1.93. The number of guanidine groups is 2. The van der Waals surface area contributed by atoms with Crippen molar-refractivity contribution in [3.8, 4) is 0 Å². The molecule has 7 N–H and O–H groups in total. The molecule has 0 aliphatic carbocycles. The van der Waals surface area contributed by atoms with Crippen molar-refractivity contribution >= 4 is 36.7 Å². The Hall–Kier alpha value is -0.880. The van der Waals surface area contributed by atoms with Crippen LogP contribution in [0.5, 0.6) is 0 Å². The average Bonchev–Trinajstić information content (AvgIpc) is 1.89. The number of hydrogen-bond donors (Lipinski definition) is 4. The summed E-state index contributed by atoms with van der Waals surface area (Å²) in [6, 6.07) is 0. The van der Waals surface area contributed by atoms with Gasteiger partial charge < -0.3 is 22.1 Å². The van der Waals surface area contributed by atoms with Crippen molar-refractivity contribution in [2.75, 3.05) is 21.1 Å². The molecule has 0 heterocycles. The molecule has 13 heavy (non-hydrogen) atoms. The topological polar surface area (TPSA) is 118 Å². The largest absolute Gasteiger partial charge is 0.370 e. The quantitative estimate of drug-likeness (QED) is 0.322. The molecule has 0 aliphatic heterocycles. The van der Waals surface area contributed by atoms with Crippen LogP contribution in [0, 0.1) is 5.41 Å². The molecule has 6 nitrogen and oxygen atoms in total. The summed E-state index contributed by atoms with van der Waals surface area (Å²) in [5.41, 5.74) is 14.6. The van der Waals surface area contributed by atoms with Gasteiger partial charge in [0.15, 0.2) is 11.9 Å². The lowest BCUT2D eigenvalue weighted by Gasteiger charge is -2.05. The van der Waals surface area contributed by atoms with Gasteiger partial charge in [-0.3, -0.25) is 10.4 Å². The molecule has 0 unspecified atom stereocenters. The van der Waals surface area contributed by atoms with E-state index in [1.165, 1.54) is 11.9 Å². The van der Waals surface area contributed by atoms with Crippen molar-refractivity contribution in [1.29, 1.82) is 5.41 Å². The lowest BCUT2D eigenvalue weighted by atomic mass is 10.8. The number of rotatable bonds is 0. The van der Waals surface area contributed by atoms with E-state index in [0.29, 0.717) is 0 Å². The summed E-state index contributed by atoms with van der Waals surface area (Å²) in [6.45, 7) is 0. The molecule has 0 rings (SSSR count). The van der Waals surface area contributed by atoms with E-state index in [1.807, 2.05) is 0 Å². The van der Waals surface area contributed by atoms with E-state index in [2.05, 4.69) is 4.99 Å². The maximum Gasteiger partial charge on any atom is 0.187 e. The Balaban J connectivity index is -0.0000000546. The van der Waals surface area contributed by atoms with E-state index in [4.69, 9.17) is 22.6 Å². The van der Waals surface area contributed by atoms with Crippen LogP contribution in [0.1, 0.15) is 0 Å². The average molecular weight is 233 g/mol. The maximum absolute atomic E-state index is 6.65. The molecular weight excluding hydrogens is 215 g/mol. The molecule has 0 spiro atoms. The highest BCUT2D eigenvalue weighted by molar-refractivity contribution is 5.85. The van der Waals surface area contributed by atoms with E-state index < -0.39 is 0 Å². The first-order valence-corrected chi connectivity index (χ1v) is 2.90. The Morgan fingerprint density at radius 3 is 1.31 bits per heavy atom. The molecule has 8 heteroatoms. The van der Waals surface area contributed by atoms with E-state index in [-0.39, 0.29) is 36.7 Å². The molecule has 0 radical (unpaired) electrons. The summed E-state index contributed by atoms with van der Waals surface area (Å²) in [4.78, 5) is 4.89. The molecule has 0 aromatic rings. The first-order valence-electron chi connectivity index (χ1n) is 2.90. The number of hydrogen-bond acceptors (Lipinski definition) is 2. The fourth-order valence-electron chi connectivity index (χ4n) is 0. The van der Waals surface area contributed by atoms with Crippen molar-refractivity contribution in [1.82, 2.24) is 4.90 Å². The Bertz CT molecular complexity index is 142. The summed E-state index contributed by atoms with van der Waals surface area (Å²) in [6.07, 6.45) is 0. The van der Waals surface area contributed by atoms with Crippen molar-refractivity contribution in [3.63, 3.8) is 0 Å². The summed E-state index contributed by atoms with van der Waals surface area (Å²) in [5.74, 6) is 0.222. The van der Waals surface area contributed by atoms with Gasteiger partial charge in [0.05, 0.1) is 0 Å². The van der Waals surface area contributed by atoms with Crippen LogP contribution < -0.4 is 17.2 Å². The van der Waals surface area contributed by atoms with E-state index in [9.17, 15) is 0 Å². The minimum Gasteiger partial charge on any atom is -0.370 e. The van der Waals surface area contributed by atoms with Gasteiger partial charge in [-0.2, -0.15) is 0 Å². The predicted octanol–water partition coefficient (Wildman–Crippen LogP) is -0.825. The van der Waals surface area contributed by atoms with Crippen molar-refractivity contribution in [2.24, 2.45) is 22.2 Å². The normalized spacial score (nSPS) is 6.08. The highest BCUT2D eigenvalue weighted by Crippen LogP contribution is 1.62. The zero-order chi connectivity index (χ0) is 9.44. The zero-order valence-corrected chi connectivity index (χ0v) is 9.58. The fraction of sp³-hybridized carbons (Fsp3) is 0.600. The lowest BCUT2D eigenvalue weighted by Crippen LogP contribution is -2.28. The van der Waals surface area contributed by atoms with Crippen molar-refractivity contribution in [3.05, 3.63) is 0 Å². The van der Waals surface area contributed by atoms with Crippen molar-refractivity contribution < 1.29 is 0 Å². The third-order valence-corrected chi connectivity index (χ3v) is 0.740. The van der Waals surface area contributed by atoms with Gasteiger partial charge in [-0.15, -0.1) is 24.8 Å². The standard InChI is InChI=1S/C3H9N3.C2H7N3.2ClH/c1-6(2)3(4)5;1-5-2(3)4;;/h1-2H3,(H3,4,5);1H3,(H4,3,4,5);2*1H. The Kier molecular flexibility index (Phi) is 23.9. The number of nitrogens with zero attached hydrogens (tertiary/aromatic N) is 2. The second-order valence-electron chi connectivity index (χ2n) is 1.93. The van der Waals surface area contributed by atoms with Gasteiger partial charge in [-0.25, -0.2) is 0 Å². The molecule has 82 valence electrons. The van der Waals surface area contributed by atoms with Gasteiger partial charge >= 0.3 is 0 Å². The third-order valence-electron chi connectivity index (χ3n) is 0.740. The maximum atomic E-state index is 6.65. The van der Waals surface area contributed by atoms with Crippen LogP contribution in [0.25, 0.3) is 0 Å². The third kappa shape index (κ3) is 35.3. The van der Waals surface area contributed by atoms with E-state index in [1.54, 1.807) is 14.1 Å². The predicted molar refractivity (Wildman–Crippen MR) is 61.8 cm³/mol. The van der Waals surface area contributed by atoms with E-state index in [0.717, 1.165) is 0 Å². The SMILES string of the molecule is CN(C)C(=N)N.CN=C(N)N.Cl.Cl. The van der Waals surface area contributed by atoms with Gasteiger partial charge in [0.25, 0.3) is 0 Å². The Morgan fingerprint density at radius 1 is 1.15 bits per heavy atom. The smallest absolute Gasteiger partial charge is 0.187 e. The minimum atomic E-state index is 0. The van der Waals surface area contributed by atoms with Crippen LogP contribution in [-0.2, 0) is 0 Å². The van der Waals surface area contributed by atoms with Crippen molar-refractivity contribution in [2.45, 2.75) is 0 Å². The molecule has 0 aromatic carbocycles. The van der Waals surface area contributed by atoms with Crippen LogP contribution in [0.3, 0.4) is 0 Å². The van der Waals surface area contributed by atoms with E-state index >= 15 is 0 Å². The lowest BCUT2D eigenvalue weighted by molar-refractivity contribution is 0.609. The summed E-state index contributed by atoms with van der Waals surface area (Å²) < 4.78 is 0. The van der Waals surface area contributed by atoms with Crippen LogP contribution in [0.4, 0.5) is 0 Å². The van der Waals surface area contributed by atoms with Gasteiger partial charge in [0, 0.05) is 21.1 Å². The highest BCUT2D eigenvalue weighted by Gasteiger charge is 1.82. The van der Waals surface area contributed by atoms with Gasteiger partial charge in [0.2, 0.25) is 0 Å². The summed E-state index contributed by atoms with van der Waals surface area (Å²) in [5, 5.41) is 6.65. The fourth-order valence-corrected chi connectivity index (χ4v) is 0. The number of nitrogens with two attached hydrogens (primary N) is 3. The number of halogens is 2. The molecule has 0 aliphatic rings. The Morgan fingerprint density at radius 2 is 1.31 bits per heavy atom. The molecule has 0 bridgehead atoms. The van der Waals surface area contributed by atoms with Crippen LogP contribution in [-0.4, -0.2) is 38.0 Å². The first kappa shape index (κ1) is 22.7. The summed E-state index contributed by atoms with van der Waals surface area (Å²) >= 11 is 0. The first-order chi connectivity index (χ1) is 4.91. The molecule has 0 aromatic heterocycles. The summed E-state index contributed by atoms with van der Waals surface area (Å²) in [7, 11) is 4.99. The molecule has 0 amide bonds. The number of aliphatic imine (C=N–C) groups is 1. The molecule has 0 saturated heterocycles. The molecular formula is C5H18Cl2N6. The molecule has 0 fully saturated rings.